The van der Waals surface area contributed by atoms with Crippen LogP contribution in [0, 0.1) is 5.82 Å². The number of pyridine rings is 1. The Kier molecular flexibility index (Phi) is 5.07. The molecule has 1 aromatic heterocycles. The summed E-state index contributed by atoms with van der Waals surface area (Å²) in [5, 5.41) is 3.22. The summed E-state index contributed by atoms with van der Waals surface area (Å²) < 4.78 is 15.1. The molecule has 2 aromatic rings. The Morgan fingerprint density at radius 3 is 2.74 bits per heavy atom. The molecule has 5 heteroatoms. The highest BCUT2D eigenvalue weighted by Gasteiger charge is 2.15. The molecule has 1 atom stereocenters. The third-order valence-electron chi connectivity index (χ3n) is 2.83. The van der Waals surface area contributed by atoms with Gasteiger partial charge in [0.2, 0.25) is 0 Å². The van der Waals surface area contributed by atoms with E-state index in [1.54, 1.807) is 12.3 Å². The van der Waals surface area contributed by atoms with Crippen molar-refractivity contribution in [3.63, 3.8) is 0 Å². The normalized spacial score (nSPS) is 12.4. The third-order valence-corrected chi connectivity index (χ3v) is 3.96. The molecule has 0 fully saturated rings. The molecule has 0 aliphatic heterocycles. The molecule has 0 aliphatic rings. The lowest BCUT2D eigenvalue weighted by Crippen LogP contribution is -2.20. The van der Waals surface area contributed by atoms with Crippen LogP contribution in [-0.4, -0.2) is 12.0 Å². The van der Waals surface area contributed by atoms with Crippen molar-refractivity contribution in [1.29, 1.82) is 0 Å². The lowest BCUT2D eigenvalue weighted by Gasteiger charge is -2.17. The Balaban J connectivity index is 2.26. The quantitative estimate of drug-likeness (QED) is 0.848. The second-order valence-electron chi connectivity index (χ2n) is 4.19. The van der Waals surface area contributed by atoms with E-state index in [1.165, 1.54) is 6.07 Å². The highest BCUT2D eigenvalue weighted by molar-refractivity contribution is 9.10. The molecule has 19 heavy (non-hydrogen) atoms. The lowest BCUT2D eigenvalue weighted by atomic mass is 10.0. The molecule has 0 bridgehead atoms. The third kappa shape index (κ3) is 3.84. The maximum Gasteiger partial charge on any atom is 0.124 e. The molecule has 0 spiro atoms. The van der Waals surface area contributed by atoms with Crippen molar-refractivity contribution in [3.8, 4) is 0 Å². The molecule has 1 aromatic carbocycles. The van der Waals surface area contributed by atoms with E-state index < -0.39 is 0 Å². The molecule has 2 rings (SSSR count). The summed E-state index contributed by atoms with van der Waals surface area (Å²) in [4.78, 5) is 4.38. The Morgan fingerprint density at radius 1 is 1.32 bits per heavy atom. The van der Waals surface area contributed by atoms with Gasteiger partial charge in [-0.25, -0.2) is 4.39 Å². The van der Waals surface area contributed by atoms with E-state index >= 15 is 0 Å². The number of hydrogen-bond acceptors (Lipinski definition) is 2. The van der Waals surface area contributed by atoms with E-state index in [9.17, 15) is 4.39 Å². The van der Waals surface area contributed by atoms with Crippen LogP contribution in [0.1, 0.15) is 17.3 Å². The SMILES string of the molecule is CNC(Cc1cc(F)cc(Br)c1)c1ncccc1Br. The van der Waals surface area contributed by atoms with Gasteiger partial charge in [0.05, 0.1) is 11.7 Å². The molecule has 0 amide bonds. The first kappa shape index (κ1) is 14.6. The van der Waals surface area contributed by atoms with Gasteiger partial charge in [0.1, 0.15) is 5.82 Å². The topological polar surface area (TPSA) is 24.9 Å². The first-order valence-corrected chi connectivity index (χ1v) is 7.41. The summed E-state index contributed by atoms with van der Waals surface area (Å²) in [6, 6.07) is 8.78. The van der Waals surface area contributed by atoms with E-state index in [-0.39, 0.29) is 11.9 Å². The van der Waals surface area contributed by atoms with Crippen molar-refractivity contribution >= 4 is 31.9 Å². The van der Waals surface area contributed by atoms with Gasteiger partial charge in [-0.15, -0.1) is 0 Å². The Hall–Kier alpha value is -0.780. The number of hydrogen-bond donors (Lipinski definition) is 1. The molecule has 1 heterocycles. The van der Waals surface area contributed by atoms with Crippen LogP contribution < -0.4 is 5.32 Å². The minimum absolute atomic E-state index is 0.0317. The number of likely N-dealkylation sites (N-methyl/N-ethyl adjacent to an activating group) is 1. The van der Waals surface area contributed by atoms with Crippen molar-refractivity contribution < 1.29 is 4.39 Å². The molecular formula is C14H13Br2FN2. The maximum atomic E-state index is 13.4. The van der Waals surface area contributed by atoms with E-state index in [1.807, 2.05) is 25.2 Å². The Morgan fingerprint density at radius 2 is 2.11 bits per heavy atom. The zero-order chi connectivity index (χ0) is 13.8. The summed E-state index contributed by atoms with van der Waals surface area (Å²) in [6.07, 6.45) is 2.42. The molecule has 0 aliphatic carbocycles. The number of rotatable bonds is 4. The number of halogens is 3. The summed E-state index contributed by atoms with van der Waals surface area (Å²) in [5.41, 5.74) is 1.84. The van der Waals surface area contributed by atoms with E-state index in [0.717, 1.165) is 20.2 Å². The first-order chi connectivity index (χ1) is 9.10. The highest BCUT2D eigenvalue weighted by atomic mass is 79.9. The van der Waals surface area contributed by atoms with Gasteiger partial charge in [0.15, 0.2) is 0 Å². The molecule has 2 nitrogen and oxygen atoms in total. The van der Waals surface area contributed by atoms with Crippen LogP contribution in [0.2, 0.25) is 0 Å². The number of nitrogens with one attached hydrogen (secondary N) is 1. The standard InChI is InChI=1S/C14H13Br2FN2/c1-18-13(14-12(16)3-2-4-19-14)7-9-5-10(15)8-11(17)6-9/h2-6,8,13,18H,7H2,1H3. The van der Waals surface area contributed by atoms with Gasteiger partial charge < -0.3 is 5.32 Å². The zero-order valence-corrected chi connectivity index (χ0v) is 13.5. The second-order valence-corrected chi connectivity index (χ2v) is 5.96. The summed E-state index contributed by atoms with van der Waals surface area (Å²) in [7, 11) is 1.88. The molecule has 100 valence electrons. The van der Waals surface area contributed by atoms with Gasteiger partial charge in [-0.1, -0.05) is 15.9 Å². The predicted molar refractivity (Wildman–Crippen MR) is 81.5 cm³/mol. The van der Waals surface area contributed by atoms with Crippen molar-refractivity contribution in [2.75, 3.05) is 7.05 Å². The van der Waals surface area contributed by atoms with Crippen LogP contribution in [0.4, 0.5) is 4.39 Å². The van der Waals surface area contributed by atoms with Crippen LogP contribution in [-0.2, 0) is 6.42 Å². The van der Waals surface area contributed by atoms with Gasteiger partial charge in [-0.05, 0) is 65.3 Å². The minimum Gasteiger partial charge on any atom is -0.311 e. The van der Waals surface area contributed by atoms with E-state index in [0.29, 0.717) is 6.42 Å². The Bertz CT molecular complexity index is 555. The van der Waals surface area contributed by atoms with E-state index in [4.69, 9.17) is 0 Å². The molecule has 0 saturated heterocycles. The first-order valence-electron chi connectivity index (χ1n) is 5.83. The molecule has 1 N–H and O–H groups in total. The van der Waals surface area contributed by atoms with Crippen LogP contribution in [0.25, 0.3) is 0 Å². The van der Waals surface area contributed by atoms with Gasteiger partial charge in [-0.2, -0.15) is 0 Å². The Labute approximate surface area is 128 Å². The van der Waals surface area contributed by atoms with Gasteiger partial charge in [-0.3, -0.25) is 4.98 Å². The number of nitrogens with zero attached hydrogens (tertiary/aromatic N) is 1. The lowest BCUT2D eigenvalue weighted by molar-refractivity contribution is 0.567. The molecule has 0 saturated carbocycles. The van der Waals surface area contributed by atoms with Gasteiger partial charge in [0.25, 0.3) is 0 Å². The fourth-order valence-corrected chi connectivity index (χ4v) is 3.00. The van der Waals surface area contributed by atoms with Crippen LogP contribution in [0.3, 0.4) is 0 Å². The van der Waals surface area contributed by atoms with Crippen molar-refractivity contribution in [1.82, 2.24) is 10.3 Å². The predicted octanol–water partition coefficient (Wildman–Crippen LogP) is 4.25. The summed E-state index contributed by atoms with van der Waals surface area (Å²) in [6.45, 7) is 0. The highest BCUT2D eigenvalue weighted by Crippen LogP contribution is 2.25. The monoisotopic (exact) mass is 386 g/mol. The average molecular weight is 388 g/mol. The fourth-order valence-electron chi connectivity index (χ4n) is 1.95. The van der Waals surface area contributed by atoms with E-state index in [2.05, 4.69) is 42.2 Å². The molecule has 0 radical (unpaired) electrons. The van der Waals surface area contributed by atoms with Crippen LogP contribution in [0.5, 0.6) is 0 Å². The zero-order valence-electron chi connectivity index (χ0n) is 10.3. The largest absolute Gasteiger partial charge is 0.311 e. The minimum atomic E-state index is -0.237. The van der Waals surface area contributed by atoms with Crippen molar-refractivity contribution in [3.05, 3.63) is 62.5 Å². The molecular weight excluding hydrogens is 375 g/mol. The molecule has 1 unspecified atom stereocenters. The average Bonchev–Trinajstić information content (AvgIpc) is 2.36. The van der Waals surface area contributed by atoms with Crippen molar-refractivity contribution in [2.24, 2.45) is 0 Å². The van der Waals surface area contributed by atoms with Crippen LogP contribution >= 0.6 is 31.9 Å². The summed E-state index contributed by atoms with van der Waals surface area (Å²) in [5.74, 6) is -0.237. The number of aromatic nitrogens is 1. The van der Waals surface area contributed by atoms with Crippen LogP contribution in [0.15, 0.2) is 45.5 Å². The van der Waals surface area contributed by atoms with Gasteiger partial charge in [0, 0.05) is 15.1 Å². The number of benzene rings is 1. The fraction of sp³-hybridized carbons (Fsp3) is 0.214. The second kappa shape index (κ2) is 6.59. The summed E-state index contributed by atoms with van der Waals surface area (Å²) >= 11 is 6.80. The maximum absolute atomic E-state index is 13.4. The van der Waals surface area contributed by atoms with Crippen molar-refractivity contribution in [2.45, 2.75) is 12.5 Å². The van der Waals surface area contributed by atoms with Gasteiger partial charge >= 0.3 is 0 Å². The smallest absolute Gasteiger partial charge is 0.124 e.